The second-order valence-corrected chi connectivity index (χ2v) is 5.15. The van der Waals surface area contributed by atoms with Crippen molar-refractivity contribution in [3.63, 3.8) is 0 Å². The van der Waals surface area contributed by atoms with Gasteiger partial charge < -0.3 is 11.1 Å². The molecule has 0 heterocycles. The highest BCUT2D eigenvalue weighted by Gasteiger charge is 2.04. The van der Waals surface area contributed by atoms with Crippen LogP contribution in [0, 0.1) is 0 Å². The summed E-state index contributed by atoms with van der Waals surface area (Å²) in [5.41, 5.74) is 8.72. The van der Waals surface area contributed by atoms with Gasteiger partial charge in [0.1, 0.15) is 4.99 Å². The molecule has 2 aromatic rings. The van der Waals surface area contributed by atoms with Crippen LogP contribution >= 0.6 is 28.1 Å². The highest BCUT2D eigenvalue weighted by Crippen LogP contribution is 2.19. The quantitative estimate of drug-likeness (QED) is 0.844. The molecule has 0 saturated carbocycles. The number of rotatable bonds is 4. The Morgan fingerprint density at radius 2 is 1.78 bits per heavy atom. The van der Waals surface area contributed by atoms with E-state index >= 15 is 0 Å². The van der Waals surface area contributed by atoms with E-state index in [9.17, 15) is 0 Å². The molecule has 0 amide bonds. The molecular formula is C14H13BrN2S. The summed E-state index contributed by atoms with van der Waals surface area (Å²) < 4.78 is 1.09. The molecule has 2 aromatic carbocycles. The van der Waals surface area contributed by atoms with E-state index in [0.717, 1.165) is 22.3 Å². The molecule has 0 atom stereocenters. The molecule has 92 valence electrons. The van der Waals surface area contributed by atoms with E-state index in [1.54, 1.807) is 0 Å². The Balaban J connectivity index is 2.16. The third-order valence-electron chi connectivity index (χ3n) is 2.62. The Labute approximate surface area is 120 Å². The summed E-state index contributed by atoms with van der Waals surface area (Å²) in [6, 6.07) is 15.9. The first-order valence-electron chi connectivity index (χ1n) is 5.54. The van der Waals surface area contributed by atoms with Crippen LogP contribution in [-0.4, -0.2) is 4.99 Å². The zero-order chi connectivity index (χ0) is 13.0. The fourth-order valence-corrected chi connectivity index (χ4v) is 2.29. The van der Waals surface area contributed by atoms with Crippen LogP contribution in [0.4, 0.5) is 5.69 Å². The maximum Gasteiger partial charge on any atom is 0.106 e. The summed E-state index contributed by atoms with van der Waals surface area (Å²) in [6.07, 6.45) is 0. The van der Waals surface area contributed by atoms with Crippen molar-refractivity contribution < 1.29 is 0 Å². The van der Waals surface area contributed by atoms with Gasteiger partial charge in [-0.3, -0.25) is 0 Å². The fraction of sp³-hybridized carbons (Fsp3) is 0.0714. The third-order valence-corrected chi connectivity index (χ3v) is 3.61. The molecule has 3 N–H and O–H groups in total. The van der Waals surface area contributed by atoms with Crippen LogP contribution in [0.1, 0.15) is 11.1 Å². The number of hydrogen-bond donors (Lipinski definition) is 2. The van der Waals surface area contributed by atoms with Gasteiger partial charge in [-0.1, -0.05) is 58.5 Å². The third kappa shape index (κ3) is 3.09. The van der Waals surface area contributed by atoms with Crippen LogP contribution in [-0.2, 0) is 6.54 Å². The molecular weight excluding hydrogens is 308 g/mol. The Kier molecular flexibility index (Phi) is 4.33. The zero-order valence-corrected chi connectivity index (χ0v) is 12.1. The molecule has 2 nitrogen and oxygen atoms in total. The van der Waals surface area contributed by atoms with Crippen molar-refractivity contribution in [1.82, 2.24) is 0 Å². The van der Waals surface area contributed by atoms with Gasteiger partial charge in [-0.25, -0.2) is 0 Å². The minimum Gasteiger partial charge on any atom is -0.389 e. The van der Waals surface area contributed by atoms with Crippen molar-refractivity contribution in [2.45, 2.75) is 6.54 Å². The molecule has 0 unspecified atom stereocenters. The fourth-order valence-electron chi connectivity index (χ4n) is 1.68. The minimum absolute atomic E-state index is 0.408. The first-order valence-corrected chi connectivity index (χ1v) is 6.74. The molecule has 0 radical (unpaired) electrons. The van der Waals surface area contributed by atoms with Crippen molar-refractivity contribution >= 4 is 38.8 Å². The van der Waals surface area contributed by atoms with Crippen molar-refractivity contribution in [3.8, 4) is 0 Å². The lowest BCUT2D eigenvalue weighted by atomic mass is 10.1. The summed E-state index contributed by atoms with van der Waals surface area (Å²) in [5, 5.41) is 3.35. The first kappa shape index (κ1) is 13.1. The Bertz CT molecular complexity index is 569. The van der Waals surface area contributed by atoms with Gasteiger partial charge in [0.2, 0.25) is 0 Å². The lowest BCUT2D eigenvalue weighted by Crippen LogP contribution is -2.13. The van der Waals surface area contributed by atoms with Gasteiger partial charge in [-0.2, -0.15) is 0 Å². The smallest absolute Gasteiger partial charge is 0.106 e. The van der Waals surface area contributed by atoms with Crippen LogP contribution in [0.5, 0.6) is 0 Å². The summed E-state index contributed by atoms with van der Waals surface area (Å²) >= 11 is 8.56. The molecule has 18 heavy (non-hydrogen) atoms. The molecule has 0 aliphatic carbocycles. The van der Waals surface area contributed by atoms with E-state index in [1.807, 2.05) is 42.5 Å². The second kappa shape index (κ2) is 5.98. The molecule has 0 spiro atoms. The monoisotopic (exact) mass is 320 g/mol. The summed E-state index contributed by atoms with van der Waals surface area (Å²) in [4.78, 5) is 0.408. The van der Waals surface area contributed by atoms with Gasteiger partial charge in [0.25, 0.3) is 0 Å². The summed E-state index contributed by atoms with van der Waals surface area (Å²) in [7, 11) is 0. The standard InChI is InChI=1S/C14H13BrN2S/c15-12-7-3-1-5-10(12)9-17-13-8-4-2-6-11(13)14(16)18/h1-8,17H,9H2,(H2,16,18). The highest BCUT2D eigenvalue weighted by molar-refractivity contribution is 9.10. The van der Waals surface area contributed by atoms with E-state index in [4.69, 9.17) is 18.0 Å². The Morgan fingerprint density at radius 1 is 1.11 bits per heavy atom. The van der Waals surface area contributed by atoms with Crippen LogP contribution in [0.2, 0.25) is 0 Å². The molecule has 0 aliphatic heterocycles. The van der Waals surface area contributed by atoms with Gasteiger partial charge in [-0.05, 0) is 23.8 Å². The topological polar surface area (TPSA) is 38.0 Å². The average molecular weight is 321 g/mol. The number of halogens is 1. The largest absolute Gasteiger partial charge is 0.389 e. The van der Waals surface area contributed by atoms with E-state index in [0.29, 0.717) is 4.99 Å². The maximum atomic E-state index is 5.70. The number of anilines is 1. The lowest BCUT2D eigenvalue weighted by Gasteiger charge is -2.11. The lowest BCUT2D eigenvalue weighted by molar-refractivity contribution is 1.14. The number of nitrogens with two attached hydrogens (primary N) is 1. The molecule has 0 aliphatic rings. The number of nitrogens with one attached hydrogen (secondary N) is 1. The van der Waals surface area contributed by atoms with Crippen LogP contribution in [0.3, 0.4) is 0 Å². The highest BCUT2D eigenvalue weighted by atomic mass is 79.9. The van der Waals surface area contributed by atoms with Crippen molar-refractivity contribution in [2.24, 2.45) is 5.73 Å². The summed E-state index contributed by atoms with van der Waals surface area (Å²) in [6.45, 7) is 0.723. The van der Waals surface area contributed by atoms with E-state index in [-0.39, 0.29) is 0 Å². The molecule has 0 fully saturated rings. The van der Waals surface area contributed by atoms with Crippen LogP contribution < -0.4 is 11.1 Å². The van der Waals surface area contributed by atoms with Crippen molar-refractivity contribution in [2.75, 3.05) is 5.32 Å². The molecule has 0 aromatic heterocycles. The van der Waals surface area contributed by atoms with E-state index in [1.165, 1.54) is 5.56 Å². The van der Waals surface area contributed by atoms with Gasteiger partial charge in [-0.15, -0.1) is 0 Å². The summed E-state index contributed by atoms with van der Waals surface area (Å²) in [5.74, 6) is 0. The predicted octanol–water partition coefficient (Wildman–Crippen LogP) is 3.70. The molecule has 0 saturated heterocycles. The van der Waals surface area contributed by atoms with Crippen LogP contribution in [0.25, 0.3) is 0 Å². The molecule has 0 bridgehead atoms. The van der Waals surface area contributed by atoms with Gasteiger partial charge >= 0.3 is 0 Å². The zero-order valence-electron chi connectivity index (χ0n) is 9.69. The van der Waals surface area contributed by atoms with Gasteiger partial charge in [0, 0.05) is 22.3 Å². The average Bonchev–Trinajstić information content (AvgIpc) is 2.38. The maximum absolute atomic E-state index is 5.70. The Morgan fingerprint density at radius 3 is 2.50 bits per heavy atom. The number of benzene rings is 2. The van der Waals surface area contributed by atoms with Crippen molar-refractivity contribution in [1.29, 1.82) is 0 Å². The van der Waals surface area contributed by atoms with Gasteiger partial charge in [0.15, 0.2) is 0 Å². The van der Waals surface area contributed by atoms with E-state index < -0.39 is 0 Å². The number of para-hydroxylation sites is 1. The minimum atomic E-state index is 0.408. The van der Waals surface area contributed by atoms with Crippen molar-refractivity contribution in [3.05, 3.63) is 64.1 Å². The second-order valence-electron chi connectivity index (χ2n) is 3.85. The van der Waals surface area contributed by atoms with Crippen LogP contribution in [0.15, 0.2) is 53.0 Å². The van der Waals surface area contributed by atoms with E-state index in [2.05, 4.69) is 27.3 Å². The normalized spacial score (nSPS) is 10.1. The number of thiocarbonyl (C=S) groups is 1. The number of hydrogen-bond acceptors (Lipinski definition) is 2. The first-order chi connectivity index (χ1) is 8.68. The molecule has 4 heteroatoms. The van der Waals surface area contributed by atoms with Gasteiger partial charge in [0.05, 0.1) is 0 Å². The SMILES string of the molecule is NC(=S)c1ccccc1NCc1ccccc1Br. The Hall–Kier alpha value is -1.39. The molecule has 2 rings (SSSR count). The predicted molar refractivity (Wildman–Crippen MR) is 83.8 cm³/mol.